The number of anilines is 2. The average molecular weight is 309 g/mol. The SMILES string of the molecule is Cc1nnc(NS(=O)(=O)c2c[nH]c3ccc(N)cc23)s1. The molecule has 1 aromatic carbocycles. The van der Waals surface area contributed by atoms with Crippen molar-refractivity contribution in [3.8, 4) is 0 Å². The largest absolute Gasteiger partial charge is 0.399 e. The van der Waals surface area contributed by atoms with E-state index in [1.54, 1.807) is 25.1 Å². The Morgan fingerprint density at radius 1 is 1.35 bits per heavy atom. The van der Waals surface area contributed by atoms with Crippen LogP contribution in [0.15, 0.2) is 29.3 Å². The molecule has 4 N–H and O–H groups in total. The molecule has 0 radical (unpaired) electrons. The highest BCUT2D eigenvalue weighted by Crippen LogP contribution is 2.27. The quantitative estimate of drug-likeness (QED) is 0.637. The van der Waals surface area contributed by atoms with Crippen LogP contribution in [0.25, 0.3) is 10.9 Å². The number of H-pyrrole nitrogens is 1. The van der Waals surface area contributed by atoms with Crippen LogP contribution < -0.4 is 10.5 Å². The number of fused-ring (bicyclic) bond motifs is 1. The first-order valence-electron chi connectivity index (χ1n) is 5.65. The molecule has 2 heterocycles. The van der Waals surface area contributed by atoms with E-state index < -0.39 is 10.0 Å². The van der Waals surface area contributed by atoms with E-state index in [0.717, 1.165) is 0 Å². The van der Waals surface area contributed by atoms with Crippen molar-refractivity contribution >= 4 is 43.1 Å². The zero-order valence-corrected chi connectivity index (χ0v) is 12.0. The molecule has 0 atom stereocenters. The Hall–Kier alpha value is -2.13. The number of nitrogens with two attached hydrogens (primary N) is 1. The first kappa shape index (κ1) is 12.9. The molecule has 0 saturated heterocycles. The van der Waals surface area contributed by atoms with Gasteiger partial charge in [-0.05, 0) is 25.1 Å². The second kappa shape index (κ2) is 4.46. The fraction of sp³-hybridized carbons (Fsp3) is 0.0909. The van der Waals surface area contributed by atoms with Gasteiger partial charge in [-0.2, -0.15) is 0 Å². The van der Waals surface area contributed by atoms with Gasteiger partial charge in [-0.1, -0.05) is 11.3 Å². The molecule has 9 heteroatoms. The number of sulfonamides is 1. The summed E-state index contributed by atoms with van der Waals surface area (Å²) in [7, 11) is -3.73. The van der Waals surface area contributed by atoms with Crippen LogP contribution in [0.5, 0.6) is 0 Å². The lowest BCUT2D eigenvalue weighted by Gasteiger charge is -2.03. The average Bonchev–Trinajstić information content (AvgIpc) is 2.95. The van der Waals surface area contributed by atoms with Gasteiger partial charge < -0.3 is 10.7 Å². The normalized spacial score (nSPS) is 11.8. The van der Waals surface area contributed by atoms with Gasteiger partial charge in [-0.3, -0.25) is 4.72 Å². The maximum absolute atomic E-state index is 12.4. The molecule has 0 spiro atoms. The summed E-state index contributed by atoms with van der Waals surface area (Å²) in [5.74, 6) is 0. The van der Waals surface area contributed by atoms with Crippen molar-refractivity contribution in [3.63, 3.8) is 0 Å². The van der Waals surface area contributed by atoms with Gasteiger partial charge in [-0.15, -0.1) is 10.2 Å². The van der Waals surface area contributed by atoms with E-state index in [2.05, 4.69) is 19.9 Å². The highest BCUT2D eigenvalue weighted by atomic mass is 32.2. The van der Waals surface area contributed by atoms with E-state index in [1.165, 1.54) is 17.5 Å². The first-order valence-corrected chi connectivity index (χ1v) is 7.95. The number of aromatic amines is 1. The van der Waals surface area contributed by atoms with E-state index in [-0.39, 0.29) is 10.0 Å². The van der Waals surface area contributed by atoms with Crippen LogP contribution in [0.4, 0.5) is 10.8 Å². The molecule has 7 nitrogen and oxygen atoms in total. The lowest BCUT2D eigenvalue weighted by molar-refractivity contribution is 0.602. The van der Waals surface area contributed by atoms with Crippen LogP contribution in [0.2, 0.25) is 0 Å². The summed E-state index contributed by atoms with van der Waals surface area (Å²) in [5, 5.41) is 8.99. The van der Waals surface area contributed by atoms with Crippen LogP contribution in [0.1, 0.15) is 5.01 Å². The Balaban J connectivity index is 2.07. The number of nitrogen functional groups attached to an aromatic ring is 1. The van der Waals surface area contributed by atoms with Crippen molar-refractivity contribution in [2.75, 3.05) is 10.5 Å². The number of benzene rings is 1. The molecular weight excluding hydrogens is 298 g/mol. The number of aryl methyl sites for hydroxylation is 1. The summed E-state index contributed by atoms with van der Waals surface area (Å²) in [6.07, 6.45) is 1.43. The topological polar surface area (TPSA) is 114 Å². The molecule has 0 unspecified atom stereocenters. The second-order valence-electron chi connectivity index (χ2n) is 4.19. The minimum atomic E-state index is -3.73. The van der Waals surface area contributed by atoms with E-state index in [1.807, 2.05) is 0 Å². The van der Waals surface area contributed by atoms with Crippen molar-refractivity contribution in [3.05, 3.63) is 29.4 Å². The highest BCUT2D eigenvalue weighted by molar-refractivity contribution is 7.93. The maximum atomic E-state index is 12.4. The lowest BCUT2D eigenvalue weighted by Crippen LogP contribution is -2.12. The van der Waals surface area contributed by atoms with Crippen molar-refractivity contribution in [1.82, 2.24) is 15.2 Å². The van der Waals surface area contributed by atoms with E-state index in [9.17, 15) is 8.42 Å². The predicted octanol–water partition coefficient (Wildman–Crippen LogP) is 1.71. The maximum Gasteiger partial charge on any atom is 0.265 e. The number of hydrogen-bond acceptors (Lipinski definition) is 6. The molecule has 20 heavy (non-hydrogen) atoms. The molecule has 0 aliphatic heterocycles. The molecule has 0 amide bonds. The molecule has 3 rings (SSSR count). The number of hydrogen-bond donors (Lipinski definition) is 3. The monoisotopic (exact) mass is 309 g/mol. The van der Waals surface area contributed by atoms with Crippen LogP contribution >= 0.6 is 11.3 Å². The summed E-state index contributed by atoms with van der Waals surface area (Å²) >= 11 is 1.17. The summed E-state index contributed by atoms with van der Waals surface area (Å²) < 4.78 is 27.1. The second-order valence-corrected chi connectivity index (χ2v) is 7.02. The molecular formula is C11H11N5O2S2. The number of aromatic nitrogens is 3. The summed E-state index contributed by atoms with van der Waals surface area (Å²) in [6, 6.07) is 5.06. The van der Waals surface area contributed by atoms with Gasteiger partial charge in [-0.25, -0.2) is 8.42 Å². The Bertz CT molecular complexity index is 881. The third-order valence-corrected chi connectivity index (χ3v) is 4.97. The molecule has 0 bridgehead atoms. The van der Waals surface area contributed by atoms with Crippen LogP contribution in [-0.4, -0.2) is 23.6 Å². The fourth-order valence-corrected chi connectivity index (χ4v) is 3.83. The third kappa shape index (κ3) is 2.21. The molecule has 2 aromatic heterocycles. The van der Waals surface area contributed by atoms with E-state index in [0.29, 0.717) is 21.6 Å². The fourth-order valence-electron chi connectivity index (χ4n) is 1.84. The number of nitrogens with one attached hydrogen (secondary N) is 2. The predicted molar refractivity (Wildman–Crippen MR) is 78.2 cm³/mol. The zero-order chi connectivity index (χ0) is 14.3. The van der Waals surface area contributed by atoms with Crippen LogP contribution in [0.3, 0.4) is 0 Å². The summed E-state index contributed by atoms with van der Waals surface area (Å²) in [5.41, 5.74) is 6.90. The Morgan fingerprint density at radius 2 is 2.15 bits per heavy atom. The van der Waals surface area contributed by atoms with Gasteiger partial charge in [0.15, 0.2) is 0 Å². The molecule has 0 aliphatic carbocycles. The Kier molecular flexibility index (Phi) is 2.87. The Morgan fingerprint density at radius 3 is 2.85 bits per heavy atom. The smallest absolute Gasteiger partial charge is 0.265 e. The minimum Gasteiger partial charge on any atom is -0.399 e. The van der Waals surface area contributed by atoms with Gasteiger partial charge in [0.05, 0.1) is 0 Å². The standard InChI is InChI=1S/C11H11N5O2S2/c1-6-14-15-11(19-6)16-20(17,18)10-5-13-9-3-2-7(12)4-8(9)10/h2-5,13H,12H2,1H3,(H,15,16). The highest BCUT2D eigenvalue weighted by Gasteiger charge is 2.20. The van der Waals surface area contributed by atoms with E-state index >= 15 is 0 Å². The number of rotatable bonds is 3. The van der Waals surface area contributed by atoms with Gasteiger partial charge in [0.25, 0.3) is 10.0 Å². The number of nitrogens with zero attached hydrogens (tertiary/aromatic N) is 2. The molecule has 0 aliphatic rings. The molecule has 3 aromatic rings. The first-order chi connectivity index (χ1) is 9.45. The molecule has 0 fully saturated rings. The van der Waals surface area contributed by atoms with Gasteiger partial charge in [0.1, 0.15) is 9.90 Å². The molecule has 0 saturated carbocycles. The van der Waals surface area contributed by atoms with E-state index in [4.69, 9.17) is 5.73 Å². The summed E-state index contributed by atoms with van der Waals surface area (Å²) in [6.45, 7) is 1.75. The minimum absolute atomic E-state index is 0.132. The van der Waals surface area contributed by atoms with Crippen molar-refractivity contribution < 1.29 is 8.42 Å². The third-order valence-electron chi connectivity index (χ3n) is 2.71. The van der Waals surface area contributed by atoms with Crippen molar-refractivity contribution in [2.45, 2.75) is 11.8 Å². The van der Waals surface area contributed by atoms with Crippen LogP contribution in [0, 0.1) is 6.92 Å². The van der Waals surface area contributed by atoms with Gasteiger partial charge >= 0.3 is 0 Å². The van der Waals surface area contributed by atoms with Crippen LogP contribution in [-0.2, 0) is 10.0 Å². The van der Waals surface area contributed by atoms with Crippen molar-refractivity contribution in [2.24, 2.45) is 0 Å². The van der Waals surface area contributed by atoms with Gasteiger partial charge in [0.2, 0.25) is 5.13 Å². The summed E-state index contributed by atoms with van der Waals surface area (Å²) in [4.78, 5) is 3.04. The van der Waals surface area contributed by atoms with Gasteiger partial charge in [0, 0.05) is 22.8 Å². The van der Waals surface area contributed by atoms with Crippen molar-refractivity contribution in [1.29, 1.82) is 0 Å². The molecule has 104 valence electrons. The Labute approximate surface area is 118 Å². The zero-order valence-electron chi connectivity index (χ0n) is 10.4. The lowest BCUT2D eigenvalue weighted by atomic mass is 10.2.